The zero-order valence-electron chi connectivity index (χ0n) is 10.6. The van der Waals surface area contributed by atoms with Crippen LogP contribution in [0.5, 0.6) is 0 Å². The smallest absolute Gasteiger partial charge is 0.227 e. The summed E-state index contributed by atoms with van der Waals surface area (Å²) in [5, 5.41) is 2.72. The molecule has 0 saturated carbocycles. The van der Waals surface area contributed by atoms with Gasteiger partial charge in [0.1, 0.15) is 0 Å². The molecule has 0 bridgehead atoms. The molecule has 0 aromatic heterocycles. The summed E-state index contributed by atoms with van der Waals surface area (Å²) in [7, 11) is 1.69. The van der Waals surface area contributed by atoms with E-state index >= 15 is 0 Å². The first-order valence-corrected chi connectivity index (χ1v) is 5.80. The second-order valence-corrected chi connectivity index (χ2v) is 4.76. The molecule has 88 valence electrons. The van der Waals surface area contributed by atoms with Crippen molar-refractivity contribution in [2.75, 3.05) is 7.05 Å². The highest BCUT2D eigenvalue weighted by Gasteiger charge is 2.20. The number of hydrogen-bond donors (Lipinski definition) is 1. The summed E-state index contributed by atoms with van der Waals surface area (Å²) in [6.07, 6.45) is 11.3. The first kappa shape index (κ1) is 12.8. The number of nitrogens with one attached hydrogen (secondary N) is 1. The van der Waals surface area contributed by atoms with Gasteiger partial charge >= 0.3 is 0 Å². The van der Waals surface area contributed by atoms with E-state index in [1.54, 1.807) is 7.05 Å². The maximum atomic E-state index is 11.7. The van der Waals surface area contributed by atoms with Crippen molar-refractivity contribution in [1.29, 1.82) is 0 Å². The van der Waals surface area contributed by atoms with E-state index in [0.717, 1.165) is 12.0 Å². The van der Waals surface area contributed by atoms with Crippen molar-refractivity contribution < 1.29 is 4.79 Å². The van der Waals surface area contributed by atoms with Crippen LogP contribution in [0.15, 0.2) is 36.0 Å². The summed E-state index contributed by atoms with van der Waals surface area (Å²) >= 11 is 0. The van der Waals surface area contributed by atoms with E-state index in [9.17, 15) is 4.79 Å². The van der Waals surface area contributed by atoms with Crippen LogP contribution in [0.3, 0.4) is 0 Å². The molecule has 1 N–H and O–H groups in total. The van der Waals surface area contributed by atoms with Crippen LogP contribution >= 0.6 is 0 Å². The van der Waals surface area contributed by atoms with Gasteiger partial charge in [0.2, 0.25) is 5.91 Å². The van der Waals surface area contributed by atoms with E-state index < -0.39 is 0 Å². The van der Waals surface area contributed by atoms with E-state index in [2.05, 4.69) is 37.4 Å². The fraction of sp³-hybridized carbons (Fsp3) is 0.500. The third-order valence-corrected chi connectivity index (χ3v) is 2.89. The standard InChI is InChI=1S/C14H21NO/c1-5-12(13(16)15-4)11-7-6-9-14(2,3)10-8-11/h6-10,12H,5H2,1-4H3,(H,15,16). The Morgan fingerprint density at radius 3 is 2.69 bits per heavy atom. The molecule has 0 aromatic carbocycles. The molecule has 1 atom stereocenters. The number of rotatable bonds is 3. The van der Waals surface area contributed by atoms with Crippen LogP contribution in [-0.4, -0.2) is 13.0 Å². The number of amides is 1. The maximum absolute atomic E-state index is 11.7. The first-order chi connectivity index (χ1) is 7.50. The second kappa shape index (κ2) is 5.15. The van der Waals surface area contributed by atoms with Crippen LogP contribution in [0.25, 0.3) is 0 Å². The molecule has 0 spiro atoms. The largest absolute Gasteiger partial charge is 0.359 e. The van der Waals surface area contributed by atoms with Crippen molar-refractivity contribution in [3.8, 4) is 0 Å². The monoisotopic (exact) mass is 219 g/mol. The lowest BCUT2D eigenvalue weighted by Crippen LogP contribution is -2.27. The number of carbonyl (C=O) groups is 1. The Labute approximate surface area is 98.1 Å². The van der Waals surface area contributed by atoms with Gasteiger partial charge in [-0.1, -0.05) is 51.2 Å². The summed E-state index contributed by atoms with van der Waals surface area (Å²) in [6, 6.07) is 0. The van der Waals surface area contributed by atoms with Gasteiger partial charge in [0.15, 0.2) is 0 Å². The zero-order valence-corrected chi connectivity index (χ0v) is 10.6. The van der Waals surface area contributed by atoms with E-state index in [1.165, 1.54) is 0 Å². The third kappa shape index (κ3) is 3.09. The predicted molar refractivity (Wildman–Crippen MR) is 68.0 cm³/mol. The molecule has 0 radical (unpaired) electrons. The molecule has 0 fully saturated rings. The maximum Gasteiger partial charge on any atom is 0.227 e. The van der Waals surface area contributed by atoms with Crippen molar-refractivity contribution >= 4 is 5.91 Å². The number of carbonyl (C=O) groups excluding carboxylic acids is 1. The van der Waals surface area contributed by atoms with E-state index in [-0.39, 0.29) is 17.2 Å². The molecular formula is C14H21NO. The normalized spacial score (nSPS) is 19.9. The van der Waals surface area contributed by atoms with Crippen molar-refractivity contribution in [3.05, 3.63) is 36.0 Å². The first-order valence-electron chi connectivity index (χ1n) is 5.80. The quantitative estimate of drug-likeness (QED) is 0.777. The molecule has 2 heteroatoms. The Balaban J connectivity index is 2.93. The molecule has 16 heavy (non-hydrogen) atoms. The highest BCUT2D eigenvalue weighted by Crippen LogP contribution is 2.26. The van der Waals surface area contributed by atoms with Gasteiger partial charge in [-0.15, -0.1) is 0 Å². The molecule has 0 aliphatic heterocycles. The molecule has 1 amide bonds. The minimum atomic E-state index is -0.0419. The van der Waals surface area contributed by atoms with E-state index in [1.807, 2.05) is 19.1 Å². The molecular weight excluding hydrogens is 198 g/mol. The van der Waals surface area contributed by atoms with E-state index in [0.29, 0.717) is 0 Å². The van der Waals surface area contributed by atoms with Gasteiger partial charge in [0.25, 0.3) is 0 Å². The second-order valence-electron chi connectivity index (χ2n) is 4.76. The fourth-order valence-corrected chi connectivity index (χ4v) is 1.81. The molecule has 1 aliphatic carbocycles. The van der Waals surface area contributed by atoms with Gasteiger partial charge in [-0.2, -0.15) is 0 Å². The Hall–Kier alpha value is -1.31. The Bertz CT molecular complexity index is 348. The highest BCUT2D eigenvalue weighted by atomic mass is 16.1. The van der Waals surface area contributed by atoms with Crippen LogP contribution in [0.4, 0.5) is 0 Å². The van der Waals surface area contributed by atoms with Crippen molar-refractivity contribution in [2.24, 2.45) is 11.3 Å². The van der Waals surface area contributed by atoms with Crippen LogP contribution in [0.1, 0.15) is 27.2 Å². The molecule has 0 heterocycles. The Morgan fingerprint density at radius 2 is 2.12 bits per heavy atom. The average Bonchev–Trinajstić information content (AvgIpc) is 2.41. The van der Waals surface area contributed by atoms with Gasteiger partial charge in [-0.3, -0.25) is 4.79 Å². The van der Waals surface area contributed by atoms with Crippen molar-refractivity contribution in [3.63, 3.8) is 0 Å². The Morgan fingerprint density at radius 1 is 1.44 bits per heavy atom. The van der Waals surface area contributed by atoms with Gasteiger partial charge in [-0.25, -0.2) is 0 Å². The van der Waals surface area contributed by atoms with E-state index in [4.69, 9.17) is 0 Å². The van der Waals surface area contributed by atoms with Gasteiger partial charge < -0.3 is 5.32 Å². The summed E-state index contributed by atoms with van der Waals surface area (Å²) in [6.45, 7) is 6.34. The van der Waals surface area contributed by atoms with Crippen LogP contribution in [-0.2, 0) is 4.79 Å². The highest BCUT2D eigenvalue weighted by molar-refractivity contribution is 5.82. The van der Waals surface area contributed by atoms with Gasteiger partial charge in [0.05, 0.1) is 5.92 Å². The topological polar surface area (TPSA) is 29.1 Å². The lowest BCUT2D eigenvalue weighted by molar-refractivity contribution is -0.123. The summed E-state index contributed by atoms with van der Waals surface area (Å²) in [5.74, 6) is 0.0475. The molecule has 1 rings (SSSR count). The third-order valence-electron chi connectivity index (χ3n) is 2.89. The molecule has 0 aromatic rings. The SMILES string of the molecule is CCC(C(=O)NC)C1=CC=CC(C)(C)C=C1. The molecule has 0 saturated heterocycles. The van der Waals surface area contributed by atoms with Crippen molar-refractivity contribution in [1.82, 2.24) is 5.32 Å². The van der Waals surface area contributed by atoms with Crippen LogP contribution in [0, 0.1) is 11.3 Å². The minimum Gasteiger partial charge on any atom is -0.359 e. The van der Waals surface area contributed by atoms with Crippen LogP contribution < -0.4 is 5.32 Å². The summed E-state index contributed by atoms with van der Waals surface area (Å²) in [4.78, 5) is 11.7. The van der Waals surface area contributed by atoms with Gasteiger partial charge in [-0.05, 0) is 12.0 Å². The fourth-order valence-electron chi connectivity index (χ4n) is 1.81. The molecule has 1 aliphatic rings. The minimum absolute atomic E-state index is 0.0419. The van der Waals surface area contributed by atoms with Crippen LogP contribution in [0.2, 0.25) is 0 Å². The predicted octanol–water partition coefficient (Wildman–Crippen LogP) is 2.84. The number of hydrogen-bond acceptors (Lipinski definition) is 1. The molecule has 2 nitrogen and oxygen atoms in total. The summed E-state index contributed by atoms with van der Waals surface area (Å²) in [5.41, 5.74) is 1.16. The van der Waals surface area contributed by atoms with Gasteiger partial charge in [0, 0.05) is 12.5 Å². The zero-order chi connectivity index (χ0) is 12.2. The lowest BCUT2D eigenvalue weighted by atomic mass is 9.91. The average molecular weight is 219 g/mol. The molecule has 1 unspecified atom stereocenters. The van der Waals surface area contributed by atoms with Crippen molar-refractivity contribution in [2.45, 2.75) is 27.2 Å². The Kier molecular flexibility index (Phi) is 4.11. The summed E-state index contributed by atoms with van der Waals surface area (Å²) < 4.78 is 0. The lowest BCUT2D eigenvalue weighted by Gasteiger charge is -2.15. The number of allylic oxidation sites excluding steroid dienone is 5.